The second-order valence-corrected chi connectivity index (χ2v) is 9.64. The van der Waals surface area contributed by atoms with Crippen molar-refractivity contribution in [2.24, 2.45) is 0 Å². The normalized spacial score (nSPS) is 11.4. The largest absolute Gasteiger partial charge is 0.325 e. The Balaban J connectivity index is 1.58. The van der Waals surface area contributed by atoms with Crippen LogP contribution in [0.25, 0.3) is 17.2 Å². The van der Waals surface area contributed by atoms with Gasteiger partial charge in [0, 0.05) is 23.8 Å². The molecule has 0 bridgehead atoms. The van der Waals surface area contributed by atoms with E-state index in [4.69, 9.17) is 0 Å². The SMILES string of the molecule is Cc1ccc(-n2c(SCC(=O)Nc3ccccc3C(C)(C)C)nnc2-c2cnccn2)cc1. The Bertz CT molecular complexity index is 1250. The molecule has 0 radical (unpaired) electrons. The third kappa shape index (κ3) is 5.28. The fraction of sp³-hybridized carbons (Fsp3) is 0.240. The van der Waals surface area contributed by atoms with Gasteiger partial charge < -0.3 is 5.32 Å². The smallest absolute Gasteiger partial charge is 0.234 e. The lowest BCUT2D eigenvalue weighted by Gasteiger charge is -2.23. The van der Waals surface area contributed by atoms with Crippen LogP contribution in [0.1, 0.15) is 31.9 Å². The number of para-hydroxylation sites is 1. The Morgan fingerprint density at radius 2 is 1.79 bits per heavy atom. The molecule has 4 rings (SSSR count). The maximum atomic E-state index is 12.8. The van der Waals surface area contributed by atoms with Gasteiger partial charge >= 0.3 is 0 Å². The zero-order valence-electron chi connectivity index (χ0n) is 19.1. The first kappa shape index (κ1) is 22.7. The lowest BCUT2D eigenvalue weighted by atomic mass is 9.86. The van der Waals surface area contributed by atoms with Gasteiger partial charge in [0.15, 0.2) is 11.0 Å². The highest BCUT2D eigenvalue weighted by Crippen LogP contribution is 2.30. The highest BCUT2D eigenvalue weighted by molar-refractivity contribution is 7.99. The zero-order chi connectivity index (χ0) is 23.4. The van der Waals surface area contributed by atoms with Crippen LogP contribution >= 0.6 is 11.8 Å². The van der Waals surface area contributed by atoms with Crippen molar-refractivity contribution in [2.45, 2.75) is 38.3 Å². The van der Waals surface area contributed by atoms with Crippen molar-refractivity contribution in [1.82, 2.24) is 24.7 Å². The number of anilines is 1. The van der Waals surface area contributed by atoms with Crippen LogP contribution in [0, 0.1) is 6.92 Å². The average molecular weight is 459 g/mol. The van der Waals surface area contributed by atoms with E-state index in [9.17, 15) is 4.79 Å². The summed E-state index contributed by atoms with van der Waals surface area (Å²) in [4.78, 5) is 21.4. The number of nitrogens with zero attached hydrogens (tertiary/aromatic N) is 5. The van der Waals surface area contributed by atoms with Gasteiger partial charge in [-0.2, -0.15) is 0 Å². The molecule has 0 saturated heterocycles. The molecule has 0 aliphatic rings. The number of aryl methyl sites for hydroxylation is 1. The molecule has 8 heteroatoms. The highest BCUT2D eigenvalue weighted by atomic mass is 32.2. The van der Waals surface area contributed by atoms with Crippen LogP contribution in [-0.4, -0.2) is 36.4 Å². The molecule has 168 valence electrons. The van der Waals surface area contributed by atoms with Crippen LogP contribution < -0.4 is 5.32 Å². The van der Waals surface area contributed by atoms with Gasteiger partial charge in [-0.1, -0.05) is 68.4 Å². The molecular formula is C25H26N6OS. The molecule has 2 heterocycles. The Kier molecular flexibility index (Phi) is 6.55. The molecule has 7 nitrogen and oxygen atoms in total. The number of carbonyl (C=O) groups is 1. The van der Waals surface area contributed by atoms with Crippen LogP contribution in [0.4, 0.5) is 5.69 Å². The van der Waals surface area contributed by atoms with Gasteiger partial charge in [0.25, 0.3) is 0 Å². The number of amides is 1. The zero-order valence-corrected chi connectivity index (χ0v) is 19.9. The number of benzene rings is 2. The summed E-state index contributed by atoms with van der Waals surface area (Å²) in [6.45, 7) is 8.43. The Morgan fingerprint density at radius 1 is 1.03 bits per heavy atom. The quantitative estimate of drug-likeness (QED) is 0.407. The molecule has 0 atom stereocenters. The minimum atomic E-state index is -0.101. The Hall–Kier alpha value is -3.52. The molecular weight excluding hydrogens is 432 g/mol. The van der Waals surface area contributed by atoms with E-state index in [0.717, 1.165) is 22.5 Å². The number of aromatic nitrogens is 5. The summed E-state index contributed by atoms with van der Waals surface area (Å²) < 4.78 is 1.91. The van der Waals surface area contributed by atoms with Gasteiger partial charge in [-0.3, -0.25) is 14.3 Å². The van der Waals surface area contributed by atoms with Gasteiger partial charge in [0.2, 0.25) is 5.91 Å². The van der Waals surface area contributed by atoms with Crippen molar-refractivity contribution < 1.29 is 4.79 Å². The first-order valence-corrected chi connectivity index (χ1v) is 11.6. The van der Waals surface area contributed by atoms with Gasteiger partial charge in [-0.25, -0.2) is 4.98 Å². The van der Waals surface area contributed by atoms with E-state index in [1.54, 1.807) is 18.6 Å². The van der Waals surface area contributed by atoms with Gasteiger partial charge in [0.1, 0.15) is 5.69 Å². The maximum absolute atomic E-state index is 12.8. The van der Waals surface area contributed by atoms with Crippen LogP contribution in [0.15, 0.2) is 72.3 Å². The lowest BCUT2D eigenvalue weighted by molar-refractivity contribution is -0.113. The van der Waals surface area contributed by atoms with Crippen molar-refractivity contribution in [2.75, 3.05) is 11.1 Å². The summed E-state index contributed by atoms with van der Waals surface area (Å²) in [6, 6.07) is 16.0. The third-order valence-corrected chi connectivity index (χ3v) is 5.99. The van der Waals surface area contributed by atoms with Crippen molar-refractivity contribution in [3.63, 3.8) is 0 Å². The fourth-order valence-electron chi connectivity index (χ4n) is 3.43. The molecule has 2 aromatic carbocycles. The van der Waals surface area contributed by atoms with Crippen LogP contribution in [-0.2, 0) is 10.2 Å². The summed E-state index contributed by atoms with van der Waals surface area (Å²) in [6.07, 6.45) is 4.89. The Labute approximate surface area is 197 Å². The van der Waals surface area contributed by atoms with E-state index >= 15 is 0 Å². The molecule has 1 N–H and O–H groups in total. The molecule has 0 spiro atoms. The van der Waals surface area contributed by atoms with Crippen LogP contribution in [0.5, 0.6) is 0 Å². The standard InChI is InChI=1S/C25H26N6OS/c1-17-9-11-18(12-10-17)31-23(21-15-26-13-14-27-21)29-30-24(31)33-16-22(32)28-20-8-6-5-7-19(20)25(2,3)4/h5-15H,16H2,1-4H3,(H,28,32). The van der Waals surface area contributed by atoms with E-state index in [0.29, 0.717) is 16.7 Å². The number of rotatable bonds is 6. The Morgan fingerprint density at radius 3 is 2.48 bits per heavy atom. The first-order valence-electron chi connectivity index (χ1n) is 10.6. The predicted molar refractivity (Wildman–Crippen MR) is 132 cm³/mol. The van der Waals surface area contributed by atoms with Crippen molar-refractivity contribution in [3.8, 4) is 17.2 Å². The predicted octanol–water partition coefficient (Wildman–Crippen LogP) is 5.06. The van der Waals surface area contributed by atoms with E-state index in [-0.39, 0.29) is 17.1 Å². The molecule has 0 aliphatic heterocycles. The highest BCUT2D eigenvalue weighted by Gasteiger charge is 2.20. The fourth-order valence-corrected chi connectivity index (χ4v) is 4.18. The van der Waals surface area contributed by atoms with Crippen molar-refractivity contribution in [1.29, 1.82) is 0 Å². The second kappa shape index (κ2) is 9.54. The molecule has 2 aromatic heterocycles. The van der Waals surface area contributed by atoms with Crippen LogP contribution in [0.2, 0.25) is 0 Å². The van der Waals surface area contributed by atoms with E-state index < -0.39 is 0 Å². The summed E-state index contributed by atoms with van der Waals surface area (Å²) in [5.41, 5.74) is 4.51. The van der Waals surface area contributed by atoms with Gasteiger partial charge in [0.05, 0.1) is 11.9 Å². The monoisotopic (exact) mass is 458 g/mol. The van der Waals surface area contributed by atoms with Crippen molar-refractivity contribution >= 4 is 23.4 Å². The maximum Gasteiger partial charge on any atom is 0.234 e. The minimum Gasteiger partial charge on any atom is -0.325 e. The first-order chi connectivity index (χ1) is 15.8. The molecule has 4 aromatic rings. The van der Waals surface area contributed by atoms with Crippen molar-refractivity contribution in [3.05, 3.63) is 78.2 Å². The van der Waals surface area contributed by atoms with E-state index in [2.05, 4.69) is 46.3 Å². The third-order valence-electron chi connectivity index (χ3n) is 5.06. The second-order valence-electron chi connectivity index (χ2n) is 8.70. The number of thioether (sulfide) groups is 1. The molecule has 0 saturated carbocycles. The topological polar surface area (TPSA) is 85.6 Å². The number of carbonyl (C=O) groups excluding carboxylic acids is 1. The molecule has 0 unspecified atom stereocenters. The molecule has 0 fully saturated rings. The van der Waals surface area contributed by atoms with Gasteiger partial charge in [-0.15, -0.1) is 10.2 Å². The molecule has 33 heavy (non-hydrogen) atoms. The number of hydrogen-bond acceptors (Lipinski definition) is 6. The summed E-state index contributed by atoms with van der Waals surface area (Å²) in [5.74, 6) is 0.673. The summed E-state index contributed by atoms with van der Waals surface area (Å²) >= 11 is 1.33. The molecule has 0 aliphatic carbocycles. The van der Waals surface area contributed by atoms with E-state index in [1.165, 1.54) is 11.8 Å². The lowest BCUT2D eigenvalue weighted by Crippen LogP contribution is -2.20. The van der Waals surface area contributed by atoms with Crippen LogP contribution in [0.3, 0.4) is 0 Å². The molecule has 1 amide bonds. The summed E-state index contributed by atoms with van der Waals surface area (Å²) in [5, 5.41) is 12.4. The summed E-state index contributed by atoms with van der Waals surface area (Å²) in [7, 11) is 0. The van der Waals surface area contributed by atoms with E-state index in [1.807, 2.05) is 60.0 Å². The average Bonchev–Trinajstić information content (AvgIpc) is 3.22. The minimum absolute atomic E-state index is 0.0751. The van der Waals surface area contributed by atoms with Gasteiger partial charge in [-0.05, 0) is 36.1 Å². The number of hydrogen-bond donors (Lipinski definition) is 1. The number of nitrogens with one attached hydrogen (secondary N) is 1.